The maximum absolute atomic E-state index is 12.6. The predicted molar refractivity (Wildman–Crippen MR) is 111 cm³/mol. The SMILES string of the molecule is O=C(CCn1cnc2ccccc2c1=O)N[C@H](c1ccccc1)c1cccs1. The molecule has 4 aromatic rings. The lowest BCUT2D eigenvalue weighted by Crippen LogP contribution is -2.31. The molecule has 1 amide bonds. The summed E-state index contributed by atoms with van der Waals surface area (Å²) in [5.74, 6) is -0.109. The molecule has 0 bridgehead atoms. The second-order valence-electron chi connectivity index (χ2n) is 6.44. The van der Waals surface area contributed by atoms with Gasteiger partial charge in [0.1, 0.15) is 0 Å². The maximum Gasteiger partial charge on any atom is 0.261 e. The van der Waals surface area contributed by atoms with E-state index in [1.807, 2.05) is 60.0 Å². The van der Waals surface area contributed by atoms with E-state index in [1.54, 1.807) is 23.5 Å². The van der Waals surface area contributed by atoms with Crippen LogP contribution >= 0.6 is 11.3 Å². The number of aromatic nitrogens is 2. The van der Waals surface area contributed by atoms with E-state index in [0.717, 1.165) is 10.4 Å². The summed E-state index contributed by atoms with van der Waals surface area (Å²) in [6, 6.07) is 20.9. The van der Waals surface area contributed by atoms with E-state index in [4.69, 9.17) is 0 Å². The van der Waals surface area contributed by atoms with Crippen LogP contribution in [-0.2, 0) is 11.3 Å². The highest BCUT2D eigenvalue weighted by atomic mass is 32.1. The second kappa shape index (κ2) is 8.19. The zero-order valence-electron chi connectivity index (χ0n) is 15.1. The molecular weight excluding hydrogens is 370 g/mol. The standard InChI is InChI=1S/C22H19N3O2S/c26-20(12-13-25-15-23-18-10-5-4-9-17(18)22(25)27)24-21(19-11-6-14-28-19)16-7-2-1-3-8-16/h1-11,14-15,21H,12-13H2,(H,24,26)/t21-/m1/s1. The zero-order chi connectivity index (χ0) is 19.3. The minimum atomic E-state index is -0.194. The van der Waals surface area contributed by atoms with Crippen LogP contribution in [0.1, 0.15) is 22.9 Å². The van der Waals surface area contributed by atoms with Crippen molar-refractivity contribution in [2.24, 2.45) is 0 Å². The van der Waals surface area contributed by atoms with E-state index < -0.39 is 0 Å². The number of nitrogens with zero attached hydrogens (tertiary/aromatic N) is 2. The Hall–Kier alpha value is -3.25. The number of aryl methyl sites for hydroxylation is 1. The molecule has 2 heterocycles. The first-order chi connectivity index (χ1) is 13.7. The Morgan fingerprint density at radius 3 is 2.61 bits per heavy atom. The van der Waals surface area contributed by atoms with Crippen LogP contribution in [0.3, 0.4) is 0 Å². The van der Waals surface area contributed by atoms with Gasteiger partial charge in [-0.15, -0.1) is 11.3 Å². The molecule has 140 valence electrons. The molecular formula is C22H19N3O2S. The van der Waals surface area contributed by atoms with Gasteiger partial charge < -0.3 is 5.32 Å². The number of para-hydroxylation sites is 1. The molecule has 0 saturated carbocycles. The number of amides is 1. The Balaban J connectivity index is 1.49. The molecule has 28 heavy (non-hydrogen) atoms. The highest BCUT2D eigenvalue weighted by Gasteiger charge is 2.17. The largest absolute Gasteiger partial charge is 0.344 e. The zero-order valence-corrected chi connectivity index (χ0v) is 15.9. The number of benzene rings is 2. The molecule has 0 fully saturated rings. The smallest absolute Gasteiger partial charge is 0.261 e. The summed E-state index contributed by atoms with van der Waals surface area (Å²) in [5.41, 5.74) is 1.56. The van der Waals surface area contributed by atoms with Crippen molar-refractivity contribution in [3.8, 4) is 0 Å². The van der Waals surface area contributed by atoms with Crippen LogP contribution in [0.15, 0.2) is 83.2 Å². The maximum atomic E-state index is 12.6. The van der Waals surface area contributed by atoms with Crippen LogP contribution in [0.4, 0.5) is 0 Å². The summed E-state index contributed by atoms with van der Waals surface area (Å²) >= 11 is 1.61. The second-order valence-corrected chi connectivity index (χ2v) is 7.42. The van der Waals surface area contributed by atoms with E-state index >= 15 is 0 Å². The van der Waals surface area contributed by atoms with Gasteiger partial charge in [0.15, 0.2) is 0 Å². The summed E-state index contributed by atoms with van der Waals surface area (Å²) in [4.78, 5) is 30.6. The number of fused-ring (bicyclic) bond motifs is 1. The predicted octanol–water partition coefficient (Wildman–Crippen LogP) is 3.75. The molecule has 2 aromatic heterocycles. The Labute approximate surface area is 166 Å². The number of hydrogen-bond acceptors (Lipinski definition) is 4. The molecule has 1 N–H and O–H groups in total. The van der Waals surface area contributed by atoms with Crippen molar-refractivity contribution < 1.29 is 4.79 Å². The van der Waals surface area contributed by atoms with E-state index in [2.05, 4.69) is 10.3 Å². The van der Waals surface area contributed by atoms with Crippen molar-refractivity contribution in [3.63, 3.8) is 0 Å². The average Bonchev–Trinajstić information content (AvgIpc) is 3.27. The van der Waals surface area contributed by atoms with Crippen molar-refractivity contribution in [1.29, 1.82) is 0 Å². The van der Waals surface area contributed by atoms with Crippen LogP contribution in [-0.4, -0.2) is 15.5 Å². The molecule has 6 heteroatoms. The Kier molecular flexibility index (Phi) is 5.30. The molecule has 0 spiro atoms. The molecule has 0 aliphatic rings. The van der Waals surface area contributed by atoms with Gasteiger partial charge in [0.25, 0.3) is 5.56 Å². The lowest BCUT2D eigenvalue weighted by molar-refractivity contribution is -0.121. The van der Waals surface area contributed by atoms with E-state index in [-0.39, 0.29) is 30.5 Å². The first kappa shape index (κ1) is 18.1. The third kappa shape index (κ3) is 3.87. The Morgan fingerprint density at radius 2 is 1.82 bits per heavy atom. The number of hydrogen-bond donors (Lipinski definition) is 1. The van der Waals surface area contributed by atoms with Crippen LogP contribution in [0.2, 0.25) is 0 Å². The van der Waals surface area contributed by atoms with Gasteiger partial charge in [0.2, 0.25) is 5.91 Å². The van der Waals surface area contributed by atoms with Crippen LogP contribution in [0.5, 0.6) is 0 Å². The van der Waals surface area contributed by atoms with Crippen molar-refractivity contribution in [1.82, 2.24) is 14.9 Å². The normalized spacial score (nSPS) is 12.0. The topological polar surface area (TPSA) is 64.0 Å². The molecule has 0 aliphatic heterocycles. The molecule has 2 aromatic carbocycles. The molecule has 0 saturated heterocycles. The van der Waals surface area contributed by atoms with Gasteiger partial charge in [-0.1, -0.05) is 48.5 Å². The van der Waals surface area contributed by atoms with Gasteiger partial charge in [0, 0.05) is 17.8 Å². The highest BCUT2D eigenvalue weighted by Crippen LogP contribution is 2.26. The quantitative estimate of drug-likeness (QED) is 0.546. The molecule has 0 unspecified atom stereocenters. The number of rotatable bonds is 6. The van der Waals surface area contributed by atoms with Gasteiger partial charge in [0.05, 0.1) is 23.3 Å². The number of thiophene rings is 1. The Bertz CT molecular complexity index is 1140. The fourth-order valence-electron chi connectivity index (χ4n) is 3.14. The van der Waals surface area contributed by atoms with Crippen molar-refractivity contribution in [3.05, 3.63) is 99.2 Å². The van der Waals surface area contributed by atoms with E-state index in [1.165, 1.54) is 10.9 Å². The van der Waals surface area contributed by atoms with Gasteiger partial charge in [-0.3, -0.25) is 14.2 Å². The van der Waals surface area contributed by atoms with Crippen molar-refractivity contribution in [2.75, 3.05) is 0 Å². The van der Waals surface area contributed by atoms with Gasteiger partial charge in [-0.25, -0.2) is 4.98 Å². The first-order valence-corrected chi connectivity index (χ1v) is 9.92. The minimum Gasteiger partial charge on any atom is -0.344 e. The van der Waals surface area contributed by atoms with E-state index in [9.17, 15) is 9.59 Å². The number of carbonyl (C=O) groups excluding carboxylic acids is 1. The lowest BCUT2D eigenvalue weighted by atomic mass is 10.1. The highest BCUT2D eigenvalue weighted by molar-refractivity contribution is 7.10. The van der Waals surface area contributed by atoms with Crippen molar-refractivity contribution in [2.45, 2.75) is 19.0 Å². The molecule has 1 atom stereocenters. The van der Waals surface area contributed by atoms with Crippen LogP contribution < -0.4 is 10.9 Å². The van der Waals surface area contributed by atoms with Gasteiger partial charge in [-0.05, 0) is 29.1 Å². The third-order valence-electron chi connectivity index (χ3n) is 4.58. The van der Waals surface area contributed by atoms with E-state index in [0.29, 0.717) is 10.9 Å². The Morgan fingerprint density at radius 1 is 1.04 bits per heavy atom. The first-order valence-electron chi connectivity index (χ1n) is 9.04. The third-order valence-corrected chi connectivity index (χ3v) is 5.51. The molecule has 0 radical (unpaired) electrons. The summed E-state index contributed by atoms with van der Waals surface area (Å²) in [5, 5.41) is 5.66. The monoisotopic (exact) mass is 389 g/mol. The number of carbonyl (C=O) groups is 1. The summed E-state index contributed by atoms with van der Waals surface area (Å²) in [6.45, 7) is 0.286. The van der Waals surface area contributed by atoms with Gasteiger partial charge >= 0.3 is 0 Å². The lowest BCUT2D eigenvalue weighted by Gasteiger charge is -2.18. The molecule has 5 nitrogen and oxygen atoms in total. The van der Waals surface area contributed by atoms with Crippen LogP contribution in [0, 0.1) is 0 Å². The minimum absolute atomic E-state index is 0.109. The summed E-state index contributed by atoms with van der Waals surface area (Å²) in [7, 11) is 0. The van der Waals surface area contributed by atoms with Crippen molar-refractivity contribution >= 4 is 28.1 Å². The molecule has 0 aliphatic carbocycles. The summed E-state index contributed by atoms with van der Waals surface area (Å²) in [6.07, 6.45) is 1.71. The fourth-order valence-corrected chi connectivity index (χ4v) is 3.94. The van der Waals surface area contributed by atoms with Crippen LogP contribution in [0.25, 0.3) is 10.9 Å². The molecule has 4 rings (SSSR count). The average molecular weight is 389 g/mol. The fraction of sp³-hybridized carbons (Fsp3) is 0.136. The van der Waals surface area contributed by atoms with Gasteiger partial charge in [-0.2, -0.15) is 0 Å². The summed E-state index contributed by atoms with van der Waals surface area (Å²) < 4.78 is 1.49. The number of nitrogens with one attached hydrogen (secondary N) is 1.